The minimum Gasteiger partial charge on any atom is -0.302 e. The number of hydrogen-bond acceptors (Lipinski definition) is 6. The third-order valence-electron chi connectivity index (χ3n) is 6.25. The monoisotopic (exact) mass is 480 g/mol. The van der Waals surface area contributed by atoms with Gasteiger partial charge >= 0.3 is 0 Å². The van der Waals surface area contributed by atoms with Crippen LogP contribution in [0.2, 0.25) is 0 Å². The maximum Gasteiger partial charge on any atom is 0.243 e. The van der Waals surface area contributed by atoms with Crippen LogP contribution in [-0.4, -0.2) is 54.7 Å². The molecule has 2 aromatic rings. The van der Waals surface area contributed by atoms with E-state index in [4.69, 9.17) is 0 Å². The van der Waals surface area contributed by atoms with Crippen molar-refractivity contribution >= 4 is 32.4 Å². The van der Waals surface area contributed by atoms with Crippen molar-refractivity contribution in [2.24, 2.45) is 11.8 Å². The quantitative estimate of drug-likeness (QED) is 0.684. The number of nitrogens with zero attached hydrogens (tertiary/aromatic N) is 3. The number of anilines is 1. The summed E-state index contributed by atoms with van der Waals surface area (Å²) >= 11 is 1.40. The van der Waals surface area contributed by atoms with Crippen LogP contribution in [0.4, 0.5) is 9.52 Å². The molecule has 1 amide bonds. The van der Waals surface area contributed by atoms with Gasteiger partial charge in [0.1, 0.15) is 5.82 Å². The van der Waals surface area contributed by atoms with Gasteiger partial charge in [-0.2, -0.15) is 4.31 Å². The topological polar surface area (TPSA) is 82.6 Å². The van der Waals surface area contributed by atoms with Gasteiger partial charge in [0, 0.05) is 25.0 Å². The number of nitrogens with one attached hydrogen (secondary N) is 1. The van der Waals surface area contributed by atoms with Gasteiger partial charge < -0.3 is 5.32 Å². The standard InChI is InChI=1S/C22H29FN4O3S2/c1-16-8-11-26(12-9-16)14-19-15-31-22(24-19)25-21(28)17-3-2-10-27(13-17)32(29,30)20-6-4-18(23)5-7-20/h4-7,15-17H,2-3,8-14H2,1H3,(H,24,25,28). The molecule has 0 bridgehead atoms. The Hall–Kier alpha value is -1.88. The van der Waals surface area contributed by atoms with Crippen molar-refractivity contribution in [2.75, 3.05) is 31.5 Å². The number of likely N-dealkylation sites (tertiary alicyclic amines) is 1. The highest BCUT2D eigenvalue weighted by Crippen LogP contribution is 2.26. The summed E-state index contributed by atoms with van der Waals surface area (Å²) in [5, 5.41) is 5.40. The van der Waals surface area contributed by atoms with Gasteiger partial charge in [-0.1, -0.05) is 6.92 Å². The molecule has 2 aliphatic rings. The summed E-state index contributed by atoms with van der Waals surface area (Å²) in [6.45, 7) is 5.66. The van der Waals surface area contributed by atoms with E-state index in [1.54, 1.807) is 0 Å². The number of carbonyl (C=O) groups excluding carboxylic acids is 1. The summed E-state index contributed by atoms with van der Waals surface area (Å²) in [5.41, 5.74) is 0.948. The van der Waals surface area contributed by atoms with Crippen molar-refractivity contribution in [2.45, 2.75) is 44.0 Å². The number of piperidine rings is 2. The summed E-state index contributed by atoms with van der Waals surface area (Å²) in [7, 11) is -3.77. The fourth-order valence-electron chi connectivity index (χ4n) is 4.22. The Morgan fingerprint density at radius 3 is 2.62 bits per heavy atom. The third-order valence-corrected chi connectivity index (χ3v) is 8.94. The molecule has 2 fully saturated rings. The number of halogens is 1. The van der Waals surface area contributed by atoms with E-state index in [0.29, 0.717) is 24.5 Å². The molecule has 1 aromatic carbocycles. The van der Waals surface area contributed by atoms with E-state index in [1.165, 1.54) is 40.6 Å². The number of hydrogen-bond donors (Lipinski definition) is 1. The Labute approximate surface area is 192 Å². The Kier molecular flexibility index (Phi) is 7.24. The van der Waals surface area contributed by atoms with Crippen LogP contribution in [-0.2, 0) is 21.4 Å². The zero-order chi connectivity index (χ0) is 22.7. The van der Waals surface area contributed by atoms with Crippen LogP contribution >= 0.6 is 11.3 Å². The Bertz CT molecular complexity index is 1030. The average molecular weight is 481 g/mol. The lowest BCUT2D eigenvalue weighted by Gasteiger charge is -2.31. The van der Waals surface area contributed by atoms with E-state index in [0.717, 1.165) is 43.4 Å². The molecule has 7 nitrogen and oxygen atoms in total. The molecule has 0 aliphatic carbocycles. The first-order valence-electron chi connectivity index (χ1n) is 11.0. The number of sulfonamides is 1. The second kappa shape index (κ2) is 9.94. The molecule has 0 saturated carbocycles. The SMILES string of the molecule is CC1CCN(Cc2csc(NC(=O)C3CCCN(S(=O)(=O)c4ccc(F)cc4)C3)n2)CC1. The number of aromatic nitrogens is 1. The predicted octanol–water partition coefficient (Wildman–Crippen LogP) is 3.55. The molecule has 0 spiro atoms. The minimum atomic E-state index is -3.77. The van der Waals surface area contributed by atoms with Gasteiger partial charge in [-0.15, -0.1) is 11.3 Å². The maximum absolute atomic E-state index is 13.2. The first kappa shape index (κ1) is 23.3. The van der Waals surface area contributed by atoms with Crippen molar-refractivity contribution in [1.29, 1.82) is 0 Å². The largest absolute Gasteiger partial charge is 0.302 e. The molecule has 1 N–H and O–H groups in total. The van der Waals surface area contributed by atoms with Crippen molar-refractivity contribution < 1.29 is 17.6 Å². The van der Waals surface area contributed by atoms with Crippen LogP contribution < -0.4 is 5.32 Å². The van der Waals surface area contributed by atoms with Crippen LogP contribution in [0.15, 0.2) is 34.5 Å². The van der Waals surface area contributed by atoms with E-state index < -0.39 is 21.8 Å². The Morgan fingerprint density at radius 2 is 1.91 bits per heavy atom. The summed E-state index contributed by atoms with van der Waals surface area (Å²) in [6, 6.07) is 4.78. The van der Waals surface area contributed by atoms with Gasteiger partial charge in [-0.3, -0.25) is 9.69 Å². The molecule has 10 heteroatoms. The number of benzene rings is 1. The number of carbonyl (C=O) groups is 1. The van der Waals surface area contributed by atoms with E-state index in [-0.39, 0.29) is 17.3 Å². The highest BCUT2D eigenvalue weighted by atomic mass is 32.2. The number of rotatable bonds is 6. The van der Waals surface area contributed by atoms with Crippen molar-refractivity contribution in [3.05, 3.63) is 41.2 Å². The molecule has 1 unspecified atom stereocenters. The van der Waals surface area contributed by atoms with Crippen LogP contribution in [0.3, 0.4) is 0 Å². The van der Waals surface area contributed by atoms with Crippen LogP contribution in [0.5, 0.6) is 0 Å². The molecule has 1 atom stereocenters. The Morgan fingerprint density at radius 1 is 1.19 bits per heavy atom. The van der Waals surface area contributed by atoms with Gasteiger partial charge in [-0.25, -0.2) is 17.8 Å². The average Bonchev–Trinajstić information content (AvgIpc) is 3.22. The van der Waals surface area contributed by atoms with E-state index >= 15 is 0 Å². The van der Waals surface area contributed by atoms with Gasteiger partial charge in [0.15, 0.2) is 5.13 Å². The first-order valence-corrected chi connectivity index (χ1v) is 13.4. The molecule has 4 rings (SSSR count). The second-order valence-corrected chi connectivity index (χ2v) is 11.5. The van der Waals surface area contributed by atoms with Crippen LogP contribution in [0.1, 0.15) is 38.3 Å². The van der Waals surface area contributed by atoms with Gasteiger partial charge in [-0.05, 0) is 69.0 Å². The summed E-state index contributed by atoms with van der Waals surface area (Å²) in [6.07, 6.45) is 3.61. The van der Waals surface area contributed by atoms with Crippen molar-refractivity contribution in [1.82, 2.24) is 14.2 Å². The zero-order valence-corrected chi connectivity index (χ0v) is 19.8. The first-order chi connectivity index (χ1) is 15.3. The summed E-state index contributed by atoms with van der Waals surface area (Å²) in [4.78, 5) is 19.8. The van der Waals surface area contributed by atoms with Gasteiger partial charge in [0.05, 0.1) is 16.5 Å². The summed E-state index contributed by atoms with van der Waals surface area (Å²) in [5.74, 6) is -0.373. The third kappa shape index (κ3) is 5.54. The Balaban J connectivity index is 1.34. The van der Waals surface area contributed by atoms with Gasteiger partial charge in [0.2, 0.25) is 15.9 Å². The highest BCUT2D eigenvalue weighted by Gasteiger charge is 2.33. The molecule has 2 aliphatic heterocycles. The van der Waals surface area contributed by atoms with Crippen molar-refractivity contribution in [3.63, 3.8) is 0 Å². The maximum atomic E-state index is 13.2. The predicted molar refractivity (Wildman–Crippen MR) is 122 cm³/mol. The molecule has 174 valence electrons. The zero-order valence-electron chi connectivity index (χ0n) is 18.2. The van der Waals surface area contributed by atoms with E-state index in [1.807, 2.05) is 5.38 Å². The smallest absolute Gasteiger partial charge is 0.243 e. The normalized spacial score (nSPS) is 21.5. The summed E-state index contributed by atoms with van der Waals surface area (Å²) < 4.78 is 40.3. The number of thiazole rings is 1. The van der Waals surface area contributed by atoms with E-state index in [9.17, 15) is 17.6 Å². The minimum absolute atomic E-state index is 0.0385. The fourth-order valence-corrected chi connectivity index (χ4v) is 6.45. The molecule has 32 heavy (non-hydrogen) atoms. The van der Waals surface area contributed by atoms with Crippen LogP contribution in [0.25, 0.3) is 0 Å². The molecular formula is C22H29FN4O3S2. The van der Waals surface area contributed by atoms with Crippen LogP contribution in [0, 0.1) is 17.7 Å². The molecule has 2 saturated heterocycles. The van der Waals surface area contributed by atoms with Gasteiger partial charge in [0.25, 0.3) is 0 Å². The lowest BCUT2D eigenvalue weighted by atomic mass is 9.99. The second-order valence-electron chi connectivity index (χ2n) is 8.75. The van der Waals surface area contributed by atoms with Crippen molar-refractivity contribution in [3.8, 4) is 0 Å². The lowest BCUT2D eigenvalue weighted by molar-refractivity contribution is -0.120. The fraction of sp³-hybridized carbons (Fsp3) is 0.545. The molecule has 1 aromatic heterocycles. The molecule has 3 heterocycles. The molecular weight excluding hydrogens is 451 g/mol. The number of amides is 1. The van der Waals surface area contributed by atoms with E-state index in [2.05, 4.69) is 22.1 Å². The molecule has 0 radical (unpaired) electrons. The lowest BCUT2D eigenvalue weighted by Crippen LogP contribution is -2.43. The highest BCUT2D eigenvalue weighted by molar-refractivity contribution is 7.89.